The van der Waals surface area contributed by atoms with Crippen LogP contribution in [0.5, 0.6) is 0 Å². The molecule has 0 aliphatic carbocycles. The van der Waals surface area contributed by atoms with Crippen molar-refractivity contribution in [3.8, 4) is 0 Å². The van der Waals surface area contributed by atoms with Gasteiger partial charge in [-0.25, -0.2) is 10.4 Å². The minimum absolute atomic E-state index is 0.353. The van der Waals surface area contributed by atoms with Crippen LogP contribution in [0.4, 0.5) is 0 Å². The Labute approximate surface area is 63.7 Å². The van der Waals surface area contributed by atoms with Crippen molar-refractivity contribution in [3.05, 3.63) is 6.33 Å². The molecule has 1 amide bonds. The monoisotopic (exact) mass is 175 g/mol. The molecule has 1 aromatic rings. The number of nitrogens with zero attached hydrogens (tertiary/aromatic N) is 3. The van der Waals surface area contributed by atoms with Gasteiger partial charge in [0.15, 0.2) is 0 Å². The minimum Gasteiger partial charge on any atom is -0.766 e. The lowest BCUT2D eigenvalue weighted by atomic mass is 11.3. The summed E-state index contributed by atoms with van der Waals surface area (Å²) in [6.07, 6.45) is 1.42. The summed E-state index contributed by atoms with van der Waals surface area (Å²) in [5, 5.41) is 2.99. The molecule has 0 bridgehead atoms. The van der Waals surface area contributed by atoms with E-state index < -0.39 is 11.1 Å². The van der Waals surface area contributed by atoms with Crippen LogP contribution in [-0.4, -0.2) is 30.0 Å². The molecular weight excluding hydrogens is 172 g/mol. The van der Waals surface area contributed by atoms with Gasteiger partial charge < -0.3 is 4.55 Å². The number of rotatable bonds is 3. The molecule has 7 nitrogen and oxygen atoms in total. The second-order valence-corrected chi connectivity index (χ2v) is 2.29. The molecule has 8 heteroatoms. The largest absolute Gasteiger partial charge is 0.766 e. The van der Waals surface area contributed by atoms with Gasteiger partial charge in [0.05, 0.1) is 0 Å². The van der Waals surface area contributed by atoms with E-state index in [1.807, 2.05) is 0 Å². The van der Waals surface area contributed by atoms with Crippen LogP contribution in [0.25, 0.3) is 0 Å². The number of hydrogen-bond donors (Lipinski definition) is 1. The van der Waals surface area contributed by atoms with Gasteiger partial charge in [-0.15, -0.1) is 5.10 Å². The lowest BCUT2D eigenvalue weighted by Gasteiger charge is -1.96. The normalized spacial score (nSPS) is 12.5. The molecule has 0 saturated heterocycles. The Morgan fingerprint density at radius 2 is 2.55 bits per heavy atom. The van der Waals surface area contributed by atoms with Crippen molar-refractivity contribution in [3.63, 3.8) is 0 Å². The Morgan fingerprint density at radius 3 is 3.00 bits per heavy atom. The maximum atomic E-state index is 10.2. The first kappa shape index (κ1) is 7.82. The Bertz CT molecular complexity index is 284. The molecule has 1 atom stereocenters. The van der Waals surface area contributed by atoms with Crippen molar-refractivity contribution in [2.75, 3.05) is 5.43 Å². The number of carbonyl (C=O) groups is 1. The molecule has 0 spiro atoms. The minimum atomic E-state index is -2.46. The van der Waals surface area contributed by atoms with E-state index in [4.69, 9.17) is 0 Å². The third kappa shape index (κ3) is 1.82. The van der Waals surface area contributed by atoms with Crippen LogP contribution in [0.1, 0.15) is 0 Å². The van der Waals surface area contributed by atoms with Gasteiger partial charge in [0.25, 0.3) is 0 Å². The zero-order chi connectivity index (χ0) is 8.27. The van der Waals surface area contributed by atoms with E-state index in [1.165, 1.54) is 0 Å². The zero-order valence-electron chi connectivity index (χ0n) is 5.13. The predicted molar refractivity (Wildman–Crippen MR) is 32.6 cm³/mol. The van der Waals surface area contributed by atoms with Crippen LogP contribution in [0.3, 0.4) is 0 Å². The summed E-state index contributed by atoms with van der Waals surface area (Å²) >= 11 is -2.46. The van der Waals surface area contributed by atoms with Crippen LogP contribution in [-0.2, 0) is 15.9 Å². The number of amides is 1. The molecular formula is C3H3N4O3S-. The van der Waals surface area contributed by atoms with Crippen LogP contribution < -0.4 is 5.43 Å². The smallest absolute Gasteiger partial charge is 0.227 e. The first-order valence-corrected chi connectivity index (χ1v) is 3.52. The summed E-state index contributed by atoms with van der Waals surface area (Å²) in [6.45, 7) is 0. The summed E-state index contributed by atoms with van der Waals surface area (Å²) in [5.41, 5.74) is 2.07. The highest BCUT2D eigenvalue weighted by Crippen LogP contribution is 1.90. The van der Waals surface area contributed by atoms with Crippen molar-refractivity contribution in [2.24, 2.45) is 0 Å². The van der Waals surface area contributed by atoms with Gasteiger partial charge in [-0.05, 0) is 0 Å². The van der Waals surface area contributed by atoms with Crippen LogP contribution in [0, 0.1) is 0 Å². The molecule has 11 heavy (non-hydrogen) atoms. The maximum absolute atomic E-state index is 10.2. The Balaban J connectivity index is 2.81. The summed E-state index contributed by atoms with van der Waals surface area (Å²) in [4.78, 5) is 14.0. The van der Waals surface area contributed by atoms with Crippen LogP contribution in [0.2, 0.25) is 0 Å². The van der Waals surface area contributed by atoms with Gasteiger partial charge in [0.2, 0.25) is 11.6 Å². The third-order valence-electron chi connectivity index (χ3n) is 0.805. The average Bonchev–Trinajstić information content (AvgIpc) is 2.37. The Hall–Kier alpha value is -1.28. The summed E-state index contributed by atoms with van der Waals surface area (Å²) < 4.78 is 20.3. The number of nitrogens with one attached hydrogen (secondary N) is 1. The fourth-order valence-corrected chi connectivity index (χ4v) is 0.728. The zero-order valence-corrected chi connectivity index (χ0v) is 5.95. The standard InChI is InChI=1S/C3H4N4O3S/c8-2-5-7-1-4-3(6-7)11(9)10/h1-2H,(H,5,8)(H,9,10)/p-1. The molecule has 0 aliphatic rings. The van der Waals surface area contributed by atoms with Gasteiger partial charge in [-0.2, -0.15) is 4.79 Å². The molecule has 0 aromatic carbocycles. The van der Waals surface area contributed by atoms with Crippen molar-refractivity contribution in [1.82, 2.24) is 14.9 Å². The molecule has 1 N–H and O–H groups in total. The summed E-state index contributed by atoms with van der Waals surface area (Å²) in [7, 11) is 0. The van der Waals surface area contributed by atoms with Crippen LogP contribution >= 0.6 is 0 Å². The highest BCUT2D eigenvalue weighted by atomic mass is 32.2. The first-order chi connectivity index (χ1) is 5.24. The third-order valence-corrected chi connectivity index (χ3v) is 1.29. The van der Waals surface area contributed by atoms with Gasteiger partial charge in [-0.1, -0.05) is 0 Å². The van der Waals surface area contributed by atoms with E-state index >= 15 is 0 Å². The van der Waals surface area contributed by atoms with E-state index in [9.17, 15) is 13.6 Å². The predicted octanol–water partition coefficient (Wildman–Crippen LogP) is -1.78. The van der Waals surface area contributed by atoms with Crippen molar-refractivity contribution >= 4 is 17.5 Å². The lowest BCUT2D eigenvalue weighted by Crippen LogP contribution is -2.12. The quantitative estimate of drug-likeness (QED) is 0.432. The van der Waals surface area contributed by atoms with Crippen molar-refractivity contribution in [1.29, 1.82) is 0 Å². The summed E-state index contributed by atoms with van der Waals surface area (Å²) in [5.74, 6) is 0. The van der Waals surface area contributed by atoms with Gasteiger partial charge in [0.1, 0.15) is 6.33 Å². The fraction of sp³-hybridized carbons (Fsp3) is 0. The Kier molecular flexibility index (Phi) is 2.28. The number of aromatic nitrogens is 3. The maximum Gasteiger partial charge on any atom is 0.227 e. The molecule has 0 radical (unpaired) electrons. The van der Waals surface area contributed by atoms with Crippen LogP contribution in [0.15, 0.2) is 11.5 Å². The van der Waals surface area contributed by atoms with E-state index in [-0.39, 0.29) is 5.16 Å². The molecule has 1 rings (SSSR count). The fourth-order valence-electron chi connectivity index (χ4n) is 0.440. The van der Waals surface area contributed by atoms with Crippen molar-refractivity contribution < 1.29 is 13.6 Å². The van der Waals surface area contributed by atoms with E-state index in [1.54, 1.807) is 0 Å². The second kappa shape index (κ2) is 3.21. The van der Waals surface area contributed by atoms with E-state index in [0.717, 1.165) is 11.1 Å². The molecule has 1 heterocycles. The molecule has 0 fully saturated rings. The van der Waals surface area contributed by atoms with Crippen molar-refractivity contribution in [2.45, 2.75) is 5.16 Å². The summed E-state index contributed by atoms with van der Waals surface area (Å²) in [6, 6.07) is 0. The molecule has 1 unspecified atom stereocenters. The number of hydrogen-bond acceptors (Lipinski definition) is 5. The van der Waals surface area contributed by atoms with Gasteiger partial charge >= 0.3 is 0 Å². The molecule has 0 aliphatic heterocycles. The highest BCUT2D eigenvalue weighted by molar-refractivity contribution is 7.78. The highest BCUT2D eigenvalue weighted by Gasteiger charge is 1.97. The second-order valence-electron chi connectivity index (χ2n) is 1.45. The molecule has 60 valence electrons. The Morgan fingerprint density at radius 1 is 1.82 bits per heavy atom. The van der Waals surface area contributed by atoms with Gasteiger partial charge in [0, 0.05) is 11.1 Å². The van der Waals surface area contributed by atoms with E-state index in [2.05, 4.69) is 15.5 Å². The average molecular weight is 175 g/mol. The molecule has 1 aromatic heterocycles. The number of carbonyl (C=O) groups excluding carboxylic acids is 1. The van der Waals surface area contributed by atoms with Gasteiger partial charge in [-0.3, -0.25) is 9.00 Å². The lowest BCUT2D eigenvalue weighted by molar-refractivity contribution is -0.106. The first-order valence-electron chi connectivity index (χ1n) is 2.45. The topological polar surface area (TPSA) is 99.9 Å². The molecule has 0 saturated carbocycles. The van der Waals surface area contributed by atoms with E-state index in [0.29, 0.717) is 6.41 Å². The SMILES string of the molecule is O=CNn1cnc(S(=O)[O-])n1.